The number of rotatable bonds is 6. The second-order valence-electron chi connectivity index (χ2n) is 8.41. The third-order valence-corrected chi connectivity index (χ3v) is 6.49. The molecule has 0 aromatic heterocycles. The highest BCUT2D eigenvalue weighted by Gasteiger charge is 2.40. The van der Waals surface area contributed by atoms with Crippen LogP contribution in [0.2, 0.25) is 0 Å². The van der Waals surface area contributed by atoms with Crippen molar-refractivity contribution in [1.82, 2.24) is 20.9 Å². The summed E-state index contributed by atoms with van der Waals surface area (Å²) in [7, 11) is 0. The highest BCUT2D eigenvalue weighted by molar-refractivity contribution is 6.05. The van der Waals surface area contributed by atoms with Crippen molar-refractivity contribution < 1.29 is 19.5 Å². The summed E-state index contributed by atoms with van der Waals surface area (Å²) in [5.41, 5.74) is 1.76. The molecule has 8 nitrogen and oxygen atoms in total. The standard InChI is InChI=1S/C21H28N4O4/c1-13(21(29)7-8-22-12-21)9-23-10-14-3-2-4-15-11-25(20(28)18(14)15)16-5-6-17(26)24-19(16)27/h2-4,13,16,22-23,29H,5-12H2,1H3,(H,24,26,27). The molecule has 1 aromatic carbocycles. The first-order chi connectivity index (χ1) is 13.9. The summed E-state index contributed by atoms with van der Waals surface area (Å²) in [4.78, 5) is 38.3. The number of nitrogens with one attached hydrogen (secondary N) is 3. The Morgan fingerprint density at radius 1 is 1.34 bits per heavy atom. The van der Waals surface area contributed by atoms with Gasteiger partial charge < -0.3 is 20.6 Å². The van der Waals surface area contributed by atoms with Gasteiger partial charge in [0, 0.05) is 38.2 Å². The van der Waals surface area contributed by atoms with E-state index in [9.17, 15) is 19.5 Å². The van der Waals surface area contributed by atoms with Crippen LogP contribution in [0, 0.1) is 5.92 Å². The lowest BCUT2D eigenvalue weighted by molar-refractivity contribution is -0.136. The second kappa shape index (κ2) is 7.85. The number of amides is 3. The molecule has 0 spiro atoms. The number of fused-ring (bicyclic) bond motifs is 1. The topological polar surface area (TPSA) is 111 Å². The zero-order valence-corrected chi connectivity index (χ0v) is 16.7. The molecule has 156 valence electrons. The van der Waals surface area contributed by atoms with Crippen molar-refractivity contribution in [1.29, 1.82) is 0 Å². The Bertz CT molecular complexity index is 834. The fourth-order valence-corrected chi connectivity index (χ4v) is 4.57. The molecule has 3 aliphatic heterocycles. The van der Waals surface area contributed by atoms with Gasteiger partial charge in [-0.1, -0.05) is 25.1 Å². The van der Waals surface area contributed by atoms with Crippen LogP contribution in [0.3, 0.4) is 0 Å². The minimum absolute atomic E-state index is 0.0879. The van der Waals surface area contributed by atoms with Gasteiger partial charge in [0.25, 0.3) is 5.91 Å². The molecular weight excluding hydrogens is 372 g/mol. The zero-order chi connectivity index (χ0) is 20.6. The van der Waals surface area contributed by atoms with E-state index in [-0.39, 0.29) is 24.2 Å². The van der Waals surface area contributed by atoms with Crippen molar-refractivity contribution in [3.63, 3.8) is 0 Å². The lowest BCUT2D eigenvalue weighted by Gasteiger charge is -2.29. The van der Waals surface area contributed by atoms with Crippen LogP contribution in [0.5, 0.6) is 0 Å². The number of hydrogen-bond donors (Lipinski definition) is 4. The first-order valence-electron chi connectivity index (χ1n) is 10.3. The van der Waals surface area contributed by atoms with E-state index in [1.807, 2.05) is 25.1 Å². The van der Waals surface area contributed by atoms with Crippen molar-refractivity contribution in [2.45, 2.75) is 50.9 Å². The van der Waals surface area contributed by atoms with Gasteiger partial charge in [-0.25, -0.2) is 0 Å². The van der Waals surface area contributed by atoms with Crippen LogP contribution in [0.4, 0.5) is 0 Å². The SMILES string of the molecule is CC(CNCc1cccc2c1C(=O)N(C1CCC(=O)NC1=O)C2)C1(O)CCNC1. The number of benzene rings is 1. The maximum Gasteiger partial charge on any atom is 0.255 e. The Balaban J connectivity index is 1.42. The Kier molecular flexibility index (Phi) is 5.42. The van der Waals surface area contributed by atoms with E-state index in [1.54, 1.807) is 4.90 Å². The molecule has 0 saturated carbocycles. The molecular formula is C21H28N4O4. The van der Waals surface area contributed by atoms with Gasteiger partial charge in [-0.05, 0) is 36.4 Å². The van der Waals surface area contributed by atoms with E-state index in [4.69, 9.17) is 0 Å². The average molecular weight is 400 g/mol. The summed E-state index contributed by atoms with van der Waals surface area (Å²) in [6.07, 6.45) is 1.36. The number of nitrogens with zero attached hydrogens (tertiary/aromatic N) is 1. The molecule has 0 aliphatic carbocycles. The molecule has 0 bridgehead atoms. The molecule has 3 aliphatic rings. The number of β-amino-alcohol motifs (C(OH)–C–C–N with tert-alkyl or cyclic N) is 1. The minimum Gasteiger partial charge on any atom is -0.388 e. The van der Waals surface area contributed by atoms with E-state index in [1.165, 1.54) is 0 Å². The lowest BCUT2D eigenvalue weighted by Crippen LogP contribution is -2.52. The van der Waals surface area contributed by atoms with Gasteiger partial charge in [-0.2, -0.15) is 0 Å². The number of carbonyl (C=O) groups is 3. The molecule has 4 rings (SSSR count). The fraction of sp³-hybridized carbons (Fsp3) is 0.571. The van der Waals surface area contributed by atoms with Crippen LogP contribution in [-0.4, -0.2) is 59.0 Å². The summed E-state index contributed by atoms with van der Waals surface area (Å²) in [6, 6.07) is 5.17. The monoisotopic (exact) mass is 400 g/mol. The van der Waals surface area contributed by atoms with Crippen LogP contribution in [0.1, 0.15) is 47.7 Å². The maximum absolute atomic E-state index is 13.1. The number of piperidine rings is 1. The molecule has 1 aromatic rings. The molecule has 2 saturated heterocycles. The molecule has 3 amide bonds. The minimum atomic E-state index is -0.690. The van der Waals surface area contributed by atoms with Gasteiger partial charge in [0.15, 0.2) is 0 Å². The van der Waals surface area contributed by atoms with E-state index in [0.717, 1.165) is 24.1 Å². The van der Waals surface area contributed by atoms with Crippen molar-refractivity contribution in [3.05, 3.63) is 34.9 Å². The molecule has 8 heteroatoms. The Morgan fingerprint density at radius 3 is 2.90 bits per heavy atom. The highest BCUT2D eigenvalue weighted by Crippen LogP contribution is 2.30. The highest BCUT2D eigenvalue weighted by atomic mass is 16.3. The molecule has 3 atom stereocenters. The van der Waals surface area contributed by atoms with Crippen molar-refractivity contribution in [2.75, 3.05) is 19.6 Å². The average Bonchev–Trinajstić information content (AvgIpc) is 3.27. The van der Waals surface area contributed by atoms with E-state index >= 15 is 0 Å². The van der Waals surface area contributed by atoms with Crippen LogP contribution in [-0.2, 0) is 22.7 Å². The molecule has 29 heavy (non-hydrogen) atoms. The van der Waals surface area contributed by atoms with Crippen LogP contribution >= 0.6 is 0 Å². The molecule has 2 fully saturated rings. The smallest absolute Gasteiger partial charge is 0.255 e. The molecule has 3 unspecified atom stereocenters. The van der Waals surface area contributed by atoms with Gasteiger partial charge in [-0.15, -0.1) is 0 Å². The normalized spacial score (nSPS) is 27.9. The van der Waals surface area contributed by atoms with E-state index < -0.39 is 17.6 Å². The van der Waals surface area contributed by atoms with E-state index in [0.29, 0.717) is 38.2 Å². The third-order valence-electron chi connectivity index (χ3n) is 6.49. The maximum atomic E-state index is 13.1. The largest absolute Gasteiger partial charge is 0.388 e. The third kappa shape index (κ3) is 3.80. The predicted molar refractivity (Wildman–Crippen MR) is 106 cm³/mol. The number of aliphatic hydroxyl groups is 1. The Labute approximate surface area is 170 Å². The lowest BCUT2D eigenvalue weighted by atomic mass is 9.88. The van der Waals surface area contributed by atoms with Gasteiger partial charge in [0.05, 0.1) is 5.60 Å². The van der Waals surface area contributed by atoms with Crippen LogP contribution in [0.25, 0.3) is 0 Å². The Hall–Kier alpha value is -2.29. The van der Waals surface area contributed by atoms with Crippen molar-refractivity contribution in [3.8, 4) is 0 Å². The van der Waals surface area contributed by atoms with Crippen molar-refractivity contribution in [2.24, 2.45) is 5.92 Å². The molecule has 3 heterocycles. The van der Waals surface area contributed by atoms with E-state index in [2.05, 4.69) is 16.0 Å². The van der Waals surface area contributed by atoms with Gasteiger partial charge >= 0.3 is 0 Å². The van der Waals surface area contributed by atoms with Gasteiger partial charge in [-0.3, -0.25) is 19.7 Å². The first-order valence-corrected chi connectivity index (χ1v) is 10.3. The quantitative estimate of drug-likeness (QED) is 0.496. The summed E-state index contributed by atoms with van der Waals surface area (Å²) >= 11 is 0. The summed E-state index contributed by atoms with van der Waals surface area (Å²) in [5, 5.41) is 19.6. The van der Waals surface area contributed by atoms with Gasteiger partial charge in [0.1, 0.15) is 6.04 Å². The molecule has 0 radical (unpaired) electrons. The molecule has 4 N–H and O–H groups in total. The van der Waals surface area contributed by atoms with Crippen LogP contribution in [0.15, 0.2) is 18.2 Å². The second-order valence-corrected chi connectivity index (χ2v) is 8.41. The summed E-state index contributed by atoms with van der Waals surface area (Å²) in [5.74, 6) is -0.744. The fourth-order valence-electron chi connectivity index (χ4n) is 4.57. The Morgan fingerprint density at radius 2 is 2.17 bits per heavy atom. The predicted octanol–water partition coefficient (Wildman–Crippen LogP) is -0.102. The van der Waals surface area contributed by atoms with Gasteiger partial charge in [0.2, 0.25) is 11.8 Å². The zero-order valence-electron chi connectivity index (χ0n) is 16.7. The summed E-state index contributed by atoms with van der Waals surface area (Å²) < 4.78 is 0. The van der Waals surface area contributed by atoms with Crippen molar-refractivity contribution >= 4 is 17.7 Å². The first kappa shape index (κ1) is 20.0. The number of carbonyl (C=O) groups excluding carboxylic acids is 3. The van der Waals surface area contributed by atoms with Crippen LogP contribution < -0.4 is 16.0 Å². The summed E-state index contributed by atoms with van der Waals surface area (Å²) in [6.45, 7) is 5.02. The number of imide groups is 1. The number of hydrogen-bond acceptors (Lipinski definition) is 6.